The minimum atomic E-state index is -0.683. The molecule has 1 saturated carbocycles. The van der Waals surface area contributed by atoms with Crippen LogP contribution in [0.4, 0.5) is 15.8 Å². The minimum absolute atomic E-state index is 0.0157. The molecule has 2 aliphatic heterocycles. The topological polar surface area (TPSA) is 84.0 Å². The Morgan fingerprint density at radius 1 is 0.912 bits per heavy atom. The summed E-state index contributed by atoms with van der Waals surface area (Å²) in [6, 6.07) is 11.9. The molecule has 2 aromatic carbocycles. The summed E-state index contributed by atoms with van der Waals surface area (Å²) in [6.45, 7) is 0.130. The molecule has 2 bridgehead atoms. The fourth-order valence-electron chi connectivity index (χ4n) is 5.78. The Labute approximate surface area is 194 Å². The highest BCUT2D eigenvalue weighted by atomic mass is 19.1. The Hall–Kier alpha value is -3.81. The fourth-order valence-corrected chi connectivity index (χ4v) is 5.78. The predicted octanol–water partition coefficient (Wildman–Crippen LogP) is 3.10. The van der Waals surface area contributed by atoms with Crippen LogP contribution >= 0.6 is 0 Å². The van der Waals surface area contributed by atoms with Gasteiger partial charge in [-0.25, -0.2) is 9.29 Å². The first-order valence-electron chi connectivity index (χ1n) is 11.3. The number of halogens is 1. The minimum Gasteiger partial charge on any atom is -0.426 e. The normalized spacial score (nSPS) is 29.3. The first-order chi connectivity index (χ1) is 16.4. The zero-order valence-corrected chi connectivity index (χ0v) is 18.1. The van der Waals surface area contributed by atoms with Crippen molar-refractivity contribution in [2.24, 2.45) is 29.6 Å². The van der Waals surface area contributed by atoms with Gasteiger partial charge in [0, 0.05) is 24.7 Å². The van der Waals surface area contributed by atoms with Gasteiger partial charge in [-0.15, -0.1) is 0 Å². The van der Waals surface area contributed by atoms with Gasteiger partial charge in [-0.3, -0.25) is 19.2 Å². The lowest BCUT2D eigenvalue weighted by atomic mass is 9.85. The second kappa shape index (κ2) is 7.62. The number of fused-ring (bicyclic) bond motifs is 5. The quantitative estimate of drug-likeness (QED) is 0.303. The van der Waals surface area contributed by atoms with Crippen LogP contribution in [-0.4, -0.2) is 30.2 Å². The van der Waals surface area contributed by atoms with Gasteiger partial charge in [0.1, 0.15) is 11.6 Å². The number of nitrogens with zero attached hydrogens (tertiary/aromatic N) is 2. The average molecular weight is 460 g/mol. The highest BCUT2D eigenvalue weighted by molar-refractivity contribution is 6.22. The van der Waals surface area contributed by atoms with E-state index in [0.29, 0.717) is 11.4 Å². The first-order valence-corrected chi connectivity index (χ1v) is 11.3. The molecule has 0 N–H and O–H groups in total. The number of imide groups is 1. The molecule has 0 radical (unpaired) electrons. The summed E-state index contributed by atoms with van der Waals surface area (Å²) >= 11 is 0. The smallest absolute Gasteiger partial charge is 0.316 e. The van der Waals surface area contributed by atoms with Crippen molar-refractivity contribution in [1.82, 2.24) is 0 Å². The van der Waals surface area contributed by atoms with Crippen molar-refractivity contribution in [2.45, 2.75) is 12.8 Å². The molecule has 2 aliphatic carbocycles. The molecule has 5 atom stereocenters. The van der Waals surface area contributed by atoms with E-state index >= 15 is 0 Å². The van der Waals surface area contributed by atoms with Crippen LogP contribution in [0.25, 0.3) is 0 Å². The van der Waals surface area contributed by atoms with Gasteiger partial charge in [-0.2, -0.15) is 0 Å². The third kappa shape index (κ3) is 3.16. The van der Waals surface area contributed by atoms with Gasteiger partial charge in [0.05, 0.1) is 23.4 Å². The summed E-state index contributed by atoms with van der Waals surface area (Å²) in [7, 11) is 0. The number of hydrogen-bond acceptors (Lipinski definition) is 5. The predicted molar refractivity (Wildman–Crippen MR) is 119 cm³/mol. The SMILES string of the molecule is O=C(Oc1cccc(N2C(=O)[C@H]3[C@H](C2=O)[C@H]2C=C[C@H]3C2)c1)[C@H]1CC(=O)N(c2ccc(F)cc2)C1. The third-order valence-corrected chi connectivity index (χ3v) is 7.36. The number of benzene rings is 2. The van der Waals surface area contributed by atoms with E-state index in [1.807, 2.05) is 12.2 Å². The number of anilines is 2. The molecule has 4 aliphatic rings. The monoisotopic (exact) mass is 460 g/mol. The second-order valence-corrected chi connectivity index (χ2v) is 9.31. The summed E-state index contributed by atoms with van der Waals surface area (Å²) in [5.74, 6) is -2.51. The maximum atomic E-state index is 13.2. The van der Waals surface area contributed by atoms with Crippen LogP contribution in [-0.2, 0) is 19.2 Å². The van der Waals surface area contributed by atoms with Crippen LogP contribution in [0.5, 0.6) is 5.75 Å². The lowest BCUT2D eigenvalue weighted by Crippen LogP contribution is -2.32. The maximum Gasteiger partial charge on any atom is 0.316 e. The van der Waals surface area contributed by atoms with E-state index in [4.69, 9.17) is 4.74 Å². The van der Waals surface area contributed by atoms with E-state index in [2.05, 4.69) is 0 Å². The first kappa shape index (κ1) is 20.8. The molecule has 2 saturated heterocycles. The van der Waals surface area contributed by atoms with Crippen molar-refractivity contribution in [3.63, 3.8) is 0 Å². The largest absolute Gasteiger partial charge is 0.426 e. The van der Waals surface area contributed by atoms with Gasteiger partial charge in [0.25, 0.3) is 0 Å². The summed E-state index contributed by atoms with van der Waals surface area (Å²) < 4.78 is 18.7. The van der Waals surface area contributed by atoms with Gasteiger partial charge >= 0.3 is 5.97 Å². The molecule has 3 fully saturated rings. The molecule has 7 nitrogen and oxygen atoms in total. The van der Waals surface area contributed by atoms with Crippen LogP contribution < -0.4 is 14.5 Å². The maximum absolute atomic E-state index is 13.2. The molecule has 2 aromatic rings. The van der Waals surface area contributed by atoms with E-state index in [0.717, 1.165) is 6.42 Å². The van der Waals surface area contributed by atoms with E-state index in [1.165, 1.54) is 40.1 Å². The number of rotatable bonds is 4. The van der Waals surface area contributed by atoms with Crippen molar-refractivity contribution in [2.75, 3.05) is 16.3 Å². The van der Waals surface area contributed by atoms with E-state index in [-0.39, 0.29) is 60.1 Å². The molecule has 34 heavy (non-hydrogen) atoms. The molecule has 0 aromatic heterocycles. The van der Waals surface area contributed by atoms with Crippen LogP contribution in [0.15, 0.2) is 60.7 Å². The van der Waals surface area contributed by atoms with Gasteiger partial charge in [0.2, 0.25) is 17.7 Å². The molecular weight excluding hydrogens is 439 g/mol. The second-order valence-electron chi connectivity index (χ2n) is 9.31. The number of allylic oxidation sites excluding steroid dienone is 2. The molecule has 6 rings (SSSR count). The molecule has 0 spiro atoms. The number of hydrogen-bond donors (Lipinski definition) is 0. The van der Waals surface area contributed by atoms with Crippen molar-refractivity contribution in [1.29, 1.82) is 0 Å². The van der Waals surface area contributed by atoms with Crippen molar-refractivity contribution < 1.29 is 28.3 Å². The number of esters is 1. The average Bonchev–Trinajstić information content (AvgIpc) is 3.58. The van der Waals surface area contributed by atoms with Crippen molar-refractivity contribution in [3.05, 3.63) is 66.5 Å². The van der Waals surface area contributed by atoms with Crippen LogP contribution in [0.2, 0.25) is 0 Å². The number of carbonyl (C=O) groups excluding carboxylic acids is 4. The molecule has 2 heterocycles. The number of ether oxygens (including phenoxy) is 1. The van der Waals surface area contributed by atoms with Gasteiger partial charge in [0.15, 0.2) is 0 Å². The summed E-state index contributed by atoms with van der Waals surface area (Å²) in [5, 5.41) is 0. The molecule has 8 heteroatoms. The fraction of sp³-hybridized carbons (Fsp3) is 0.308. The zero-order chi connectivity index (χ0) is 23.6. The molecule has 0 unspecified atom stereocenters. The Morgan fingerprint density at radius 2 is 1.59 bits per heavy atom. The summed E-state index contributed by atoms with van der Waals surface area (Å²) in [6.07, 6.45) is 4.92. The number of carbonyl (C=O) groups is 4. The van der Waals surface area contributed by atoms with E-state index in [9.17, 15) is 23.6 Å². The van der Waals surface area contributed by atoms with Crippen LogP contribution in [0.3, 0.4) is 0 Å². The van der Waals surface area contributed by atoms with E-state index in [1.54, 1.807) is 18.2 Å². The Kier molecular flexibility index (Phi) is 4.65. The summed E-state index contributed by atoms with van der Waals surface area (Å²) in [4.78, 5) is 54.0. The summed E-state index contributed by atoms with van der Waals surface area (Å²) in [5.41, 5.74) is 0.897. The van der Waals surface area contributed by atoms with Gasteiger partial charge in [-0.05, 0) is 54.7 Å². The van der Waals surface area contributed by atoms with Crippen LogP contribution in [0.1, 0.15) is 12.8 Å². The standard InChI is InChI=1S/C26H21FN2O5/c27-17-6-8-18(9-7-17)28-13-16(11-21(28)30)26(33)34-20-3-1-2-19(12-20)29-24(31)22-14-4-5-15(10-14)23(22)25(29)32/h1-9,12,14-16,22-23H,10-11,13H2/t14-,15-,16-,22+,23+/m0/s1. The molecule has 3 amide bonds. The van der Waals surface area contributed by atoms with Gasteiger partial charge < -0.3 is 9.64 Å². The highest BCUT2D eigenvalue weighted by Gasteiger charge is 2.59. The Balaban J connectivity index is 1.16. The molecule has 172 valence electrons. The van der Waals surface area contributed by atoms with Crippen molar-refractivity contribution in [3.8, 4) is 5.75 Å². The highest BCUT2D eigenvalue weighted by Crippen LogP contribution is 2.53. The number of amides is 3. The lowest BCUT2D eigenvalue weighted by Gasteiger charge is -2.18. The lowest BCUT2D eigenvalue weighted by molar-refractivity contribution is -0.139. The van der Waals surface area contributed by atoms with Crippen LogP contribution in [0, 0.1) is 35.4 Å². The zero-order valence-electron chi connectivity index (χ0n) is 18.1. The molecular formula is C26H21FN2O5. The Morgan fingerprint density at radius 3 is 2.26 bits per heavy atom. The van der Waals surface area contributed by atoms with Crippen molar-refractivity contribution >= 4 is 35.1 Å². The Bertz CT molecular complexity index is 1230. The van der Waals surface area contributed by atoms with Gasteiger partial charge in [-0.1, -0.05) is 18.2 Å². The third-order valence-electron chi connectivity index (χ3n) is 7.36. The van der Waals surface area contributed by atoms with E-state index < -0.39 is 17.7 Å².